The van der Waals surface area contributed by atoms with Gasteiger partial charge in [0.05, 0.1) is 17.2 Å². The second kappa shape index (κ2) is 9.94. The number of nitrogens with zero attached hydrogens (tertiary/aromatic N) is 1. The molecule has 2 rings (SSSR count). The second-order valence-corrected chi connectivity index (χ2v) is 7.61. The highest BCUT2D eigenvalue weighted by Crippen LogP contribution is 2.10. The van der Waals surface area contributed by atoms with Crippen molar-refractivity contribution in [2.75, 3.05) is 6.54 Å². The normalized spacial score (nSPS) is 12.0. The van der Waals surface area contributed by atoms with Crippen LogP contribution in [0.1, 0.15) is 31.7 Å². The molecule has 0 saturated heterocycles. The van der Waals surface area contributed by atoms with E-state index in [9.17, 15) is 17.6 Å². The molecule has 0 atom stereocenters. The molecule has 0 bridgehead atoms. The number of amides is 1. The van der Waals surface area contributed by atoms with E-state index in [-0.39, 0.29) is 10.7 Å². The lowest BCUT2D eigenvalue weighted by Gasteiger charge is -2.08. The number of unbranched alkanes of at least 4 members (excludes halogenated alkanes) is 1. The van der Waals surface area contributed by atoms with Gasteiger partial charge in [-0.3, -0.25) is 4.79 Å². The van der Waals surface area contributed by atoms with Gasteiger partial charge >= 0.3 is 0 Å². The van der Waals surface area contributed by atoms with Crippen molar-refractivity contribution in [1.82, 2.24) is 10.1 Å². The van der Waals surface area contributed by atoms with Gasteiger partial charge in [-0.15, -0.1) is 0 Å². The van der Waals surface area contributed by atoms with Crippen LogP contribution in [-0.4, -0.2) is 26.6 Å². The van der Waals surface area contributed by atoms with E-state index in [1.54, 1.807) is 30.3 Å². The molecule has 0 aliphatic heterocycles. The summed E-state index contributed by atoms with van der Waals surface area (Å²) in [4.78, 5) is 12.1. The Labute approximate surface area is 158 Å². The Balaban J connectivity index is 2.00. The predicted octanol–water partition coefficient (Wildman–Crippen LogP) is 2.81. The van der Waals surface area contributed by atoms with Crippen molar-refractivity contribution >= 4 is 21.6 Å². The number of carbonyl (C=O) groups excluding carboxylic acids is 1. The number of benzene rings is 2. The largest absolute Gasteiger partial charge is 0.272 e. The van der Waals surface area contributed by atoms with Gasteiger partial charge < -0.3 is 0 Å². The van der Waals surface area contributed by atoms with Gasteiger partial charge in [-0.1, -0.05) is 43.7 Å². The summed E-state index contributed by atoms with van der Waals surface area (Å²) in [5.41, 5.74) is 3.67. The maximum atomic E-state index is 13.1. The van der Waals surface area contributed by atoms with Crippen molar-refractivity contribution < 1.29 is 17.6 Å². The lowest BCUT2D eigenvalue weighted by molar-refractivity contribution is -0.119. The van der Waals surface area contributed by atoms with Gasteiger partial charge in [-0.2, -0.15) is 5.10 Å². The minimum atomic E-state index is -3.77. The molecule has 2 aromatic carbocycles. The Morgan fingerprint density at radius 3 is 2.37 bits per heavy atom. The highest BCUT2D eigenvalue weighted by molar-refractivity contribution is 7.89. The third-order valence-electron chi connectivity index (χ3n) is 3.74. The van der Waals surface area contributed by atoms with Crippen LogP contribution in [0.2, 0.25) is 0 Å². The number of rotatable bonds is 9. The summed E-state index contributed by atoms with van der Waals surface area (Å²) in [5, 5.41) is 4.09. The summed E-state index contributed by atoms with van der Waals surface area (Å²) < 4.78 is 39.5. The zero-order chi connectivity index (χ0) is 19.7. The number of hydrogen-bond acceptors (Lipinski definition) is 4. The average Bonchev–Trinajstić information content (AvgIpc) is 2.68. The smallest absolute Gasteiger partial charge is 0.255 e. The van der Waals surface area contributed by atoms with E-state index >= 15 is 0 Å². The molecule has 8 heteroatoms. The predicted molar refractivity (Wildman–Crippen MR) is 102 cm³/mol. The Bertz CT molecular complexity index is 882. The minimum Gasteiger partial charge on any atom is -0.272 e. The molecule has 2 aromatic rings. The molecule has 0 heterocycles. The van der Waals surface area contributed by atoms with Crippen molar-refractivity contribution in [2.45, 2.75) is 31.1 Å². The van der Waals surface area contributed by atoms with Crippen LogP contribution in [0.3, 0.4) is 0 Å². The molecule has 6 nitrogen and oxygen atoms in total. The van der Waals surface area contributed by atoms with Gasteiger partial charge in [0, 0.05) is 0 Å². The fraction of sp³-hybridized carbons (Fsp3) is 0.263. The lowest BCUT2D eigenvalue weighted by atomic mass is 10.1. The molecule has 0 fully saturated rings. The summed E-state index contributed by atoms with van der Waals surface area (Å²) in [5.74, 6) is -0.946. The van der Waals surface area contributed by atoms with Crippen molar-refractivity contribution in [3.05, 3.63) is 66.0 Å². The summed E-state index contributed by atoms with van der Waals surface area (Å²) >= 11 is 0. The molecule has 0 aliphatic carbocycles. The molecule has 0 aliphatic rings. The lowest BCUT2D eigenvalue weighted by Crippen LogP contribution is -2.35. The van der Waals surface area contributed by atoms with Gasteiger partial charge in [-0.25, -0.2) is 23.0 Å². The van der Waals surface area contributed by atoms with E-state index < -0.39 is 22.5 Å². The first-order chi connectivity index (χ1) is 12.9. The van der Waals surface area contributed by atoms with E-state index in [1.165, 1.54) is 24.3 Å². The molecule has 2 N–H and O–H groups in total. The van der Waals surface area contributed by atoms with E-state index in [2.05, 4.69) is 15.2 Å². The highest BCUT2D eigenvalue weighted by atomic mass is 32.2. The second-order valence-electron chi connectivity index (χ2n) is 5.84. The summed E-state index contributed by atoms with van der Waals surface area (Å²) in [6, 6.07) is 13.6. The van der Waals surface area contributed by atoms with Crippen LogP contribution in [0, 0.1) is 5.82 Å². The fourth-order valence-electron chi connectivity index (χ4n) is 2.26. The molecular formula is C19H22FN3O3S. The van der Waals surface area contributed by atoms with Gasteiger partial charge in [0.15, 0.2) is 0 Å². The summed E-state index contributed by atoms with van der Waals surface area (Å²) in [6.07, 6.45) is 2.40. The maximum Gasteiger partial charge on any atom is 0.255 e. The molecule has 27 heavy (non-hydrogen) atoms. The number of carbonyl (C=O) groups is 1. The monoisotopic (exact) mass is 391 g/mol. The highest BCUT2D eigenvalue weighted by Gasteiger charge is 2.15. The van der Waals surface area contributed by atoms with Gasteiger partial charge in [-0.05, 0) is 42.7 Å². The van der Waals surface area contributed by atoms with E-state index in [1.807, 2.05) is 6.92 Å². The zero-order valence-corrected chi connectivity index (χ0v) is 15.8. The van der Waals surface area contributed by atoms with Gasteiger partial charge in [0.25, 0.3) is 5.91 Å². The van der Waals surface area contributed by atoms with Crippen molar-refractivity contribution in [1.29, 1.82) is 0 Å². The molecule has 0 spiro atoms. The zero-order valence-electron chi connectivity index (χ0n) is 15.0. The number of hydrogen-bond donors (Lipinski definition) is 2. The van der Waals surface area contributed by atoms with E-state index in [0.717, 1.165) is 12.8 Å². The molecule has 144 valence electrons. The van der Waals surface area contributed by atoms with Crippen LogP contribution in [0.4, 0.5) is 4.39 Å². The van der Waals surface area contributed by atoms with Gasteiger partial charge in [0.2, 0.25) is 10.0 Å². The Hall–Kier alpha value is -2.58. The van der Waals surface area contributed by atoms with Crippen LogP contribution in [0.15, 0.2) is 64.6 Å². The van der Waals surface area contributed by atoms with E-state index in [4.69, 9.17) is 0 Å². The van der Waals surface area contributed by atoms with Crippen molar-refractivity contribution in [3.8, 4) is 0 Å². The van der Waals surface area contributed by atoms with Crippen LogP contribution < -0.4 is 10.1 Å². The standard InChI is InChI=1S/C19H22FN3O3S/c1-2-3-9-18(15-10-12-16(20)13-11-15)22-23-19(24)14-21-27(25,26)17-7-5-4-6-8-17/h4-8,10-13,21H,2-3,9,14H2,1H3,(H,23,24)/b22-18-. The van der Waals surface area contributed by atoms with E-state index in [0.29, 0.717) is 17.7 Å². The van der Waals surface area contributed by atoms with Gasteiger partial charge in [0.1, 0.15) is 5.82 Å². The first-order valence-corrected chi connectivity index (χ1v) is 10.1. The third kappa shape index (κ3) is 6.58. The third-order valence-corrected chi connectivity index (χ3v) is 5.15. The molecule has 0 saturated carbocycles. The molecular weight excluding hydrogens is 369 g/mol. The number of halogens is 1. The average molecular weight is 391 g/mol. The molecule has 0 aromatic heterocycles. The molecule has 0 unspecified atom stereocenters. The molecule has 1 amide bonds. The first-order valence-electron chi connectivity index (χ1n) is 8.58. The maximum absolute atomic E-state index is 13.1. The quantitative estimate of drug-likeness (QED) is 0.509. The topological polar surface area (TPSA) is 87.6 Å². The Kier molecular flexibility index (Phi) is 7.63. The van der Waals surface area contributed by atoms with Crippen molar-refractivity contribution in [2.24, 2.45) is 5.10 Å². The van der Waals surface area contributed by atoms with Crippen LogP contribution in [-0.2, 0) is 14.8 Å². The summed E-state index contributed by atoms with van der Waals surface area (Å²) in [6.45, 7) is 1.59. The number of hydrazone groups is 1. The first kappa shape index (κ1) is 20.7. The van der Waals surface area contributed by atoms with Crippen LogP contribution >= 0.6 is 0 Å². The summed E-state index contributed by atoms with van der Waals surface area (Å²) in [7, 11) is -3.77. The minimum absolute atomic E-state index is 0.0799. The SMILES string of the molecule is CCCC/C(=N/NC(=O)CNS(=O)(=O)c1ccccc1)c1ccc(F)cc1. The molecule has 0 radical (unpaired) electrons. The number of sulfonamides is 1. The Morgan fingerprint density at radius 2 is 1.74 bits per heavy atom. The Morgan fingerprint density at radius 1 is 1.07 bits per heavy atom. The van der Waals surface area contributed by atoms with Crippen LogP contribution in [0.25, 0.3) is 0 Å². The fourth-order valence-corrected chi connectivity index (χ4v) is 3.27. The number of nitrogens with one attached hydrogen (secondary N) is 2. The van der Waals surface area contributed by atoms with Crippen LogP contribution in [0.5, 0.6) is 0 Å². The van der Waals surface area contributed by atoms with Crippen molar-refractivity contribution in [3.63, 3.8) is 0 Å².